The molecule has 2 heterocycles. The molecule has 0 spiro atoms. The molecule has 42 heavy (non-hydrogen) atoms. The Morgan fingerprint density at radius 1 is 1.14 bits per heavy atom. The molecule has 2 amide bonds. The van der Waals surface area contributed by atoms with Crippen molar-refractivity contribution < 1.29 is 22.8 Å². The fraction of sp³-hybridized carbons (Fsp3) is 0.667. The molecule has 230 valence electrons. The first-order chi connectivity index (χ1) is 19.9. The minimum atomic E-state index is -4.51. The number of nitrogens with zero attached hydrogens (tertiary/aromatic N) is 3. The number of hydrogen-bond donors (Lipinski definition) is 4. The quantitative estimate of drug-likeness (QED) is 0.367. The average molecular weight is 590 g/mol. The van der Waals surface area contributed by atoms with Crippen LogP contribution >= 0.6 is 0 Å². The molecule has 4 atom stereocenters. The zero-order valence-corrected chi connectivity index (χ0v) is 24.3. The molecule has 2 aromatic rings. The van der Waals surface area contributed by atoms with Gasteiger partial charge in [0.05, 0.1) is 28.7 Å². The van der Waals surface area contributed by atoms with E-state index in [9.17, 15) is 22.8 Å². The Labute approximate surface area is 244 Å². The highest BCUT2D eigenvalue weighted by Crippen LogP contribution is 2.34. The van der Waals surface area contributed by atoms with E-state index < -0.39 is 23.3 Å². The summed E-state index contributed by atoms with van der Waals surface area (Å²) in [6, 6.07) is 2.43. The van der Waals surface area contributed by atoms with Crippen molar-refractivity contribution in [2.24, 2.45) is 11.7 Å². The van der Waals surface area contributed by atoms with Gasteiger partial charge in [-0.15, -0.1) is 0 Å². The number of carbonyl (C=O) groups excluding carboxylic acids is 2. The van der Waals surface area contributed by atoms with Gasteiger partial charge in [0.15, 0.2) is 0 Å². The summed E-state index contributed by atoms with van der Waals surface area (Å²) in [5, 5.41) is 10.2. The topological polar surface area (TPSA) is 125 Å². The Balaban J connectivity index is 1.33. The second kappa shape index (κ2) is 12.3. The summed E-state index contributed by atoms with van der Waals surface area (Å²) < 4.78 is 40.2. The van der Waals surface area contributed by atoms with E-state index in [0.717, 1.165) is 50.8 Å². The number of rotatable bonds is 8. The van der Waals surface area contributed by atoms with Gasteiger partial charge in [-0.1, -0.05) is 33.1 Å². The first-order valence-electron chi connectivity index (χ1n) is 15.2. The van der Waals surface area contributed by atoms with E-state index in [1.54, 1.807) is 0 Å². The van der Waals surface area contributed by atoms with Gasteiger partial charge in [0.2, 0.25) is 11.8 Å². The molecule has 0 bridgehead atoms. The lowest BCUT2D eigenvalue weighted by Crippen LogP contribution is -2.63. The summed E-state index contributed by atoms with van der Waals surface area (Å²) in [4.78, 5) is 37.3. The van der Waals surface area contributed by atoms with Gasteiger partial charge in [0, 0.05) is 18.0 Å². The third kappa shape index (κ3) is 6.64. The third-order valence-corrected chi connectivity index (χ3v) is 9.06. The lowest BCUT2D eigenvalue weighted by Gasteiger charge is -2.43. The number of likely N-dealkylation sites (tertiary alicyclic amines) is 1. The second-order valence-electron chi connectivity index (χ2n) is 12.6. The fourth-order valence-electron chi connectivity index (χ4n) is 6.67. The Kier molecular flexibility index (Phi) is 8.94. The molecule has 5 N–H and O–H groups in total. The predicted octanol–water partition coefficient (Wildman–Crippen LogP) is 3.97. The van der Waals surface area contributed by atoms with Crippen molar-refractivity contribution in [3.8, 4) is 0 Å². The second-order valence-corrected chi connectivity index (χ2v) is 12.6. The Hall–Kier alpha value is -2.99. The van der Waals surface area contributed by atoms with E-state index in [0.29, 0.717) is 43.7 Å². The van der Waals surface area contributed by atoms with E-state index in [-0.39, 0.29) is 41.1 Å². The van der Waals surface area contributed by atoms with Crippen LogP contribution in [0.5, 0.6) is 0 Å². The minimum Gasteiger partial charge on any atom is -0.358 e. The van der Waals surface area contributed by atoms with Gasteiger partial charge in [0.25, 0.3) is 0 Å². The summed E-state index contributed by atoms with van der Waals surface area (Å²) in [6.45, 7) is 5.65. The highest BCUT2D eigenvalue weighted by atomic mass is 19.4. The number of nitrogens with two attached hydrogens (primary N) is 1. The van der Waals surface area contributed by atoms with Crippen molar-refractivity contribution >= 4 is 28.5 Å². The number of benzene rings is 1. The van der Waals surface area contributed by atoms with Crippen LogP contribution in [-0.2, 0) is 15.8 Å². The summed E-state index contributed by atoms with van der Waals surface area (Å²) in [6.07, 6.45) is 3.77. The average Bonchev–Trinajstić information content (AvgIpc) is 3.31. The van der Waals surface area contributed by atoms with Gasteiger partial charge < -0.3 is 26.6 Å². The standard InChI is InChI=1S/C30H42F3N7O2/c1-18(2)16-35-20-7-9-25(24(15-20)39-28(42)29(34)11-4-3-5-12-29)40-13-10-23(27(40)41)38-26-21-14-19(30(31,32)33)6-8-22(21)36-17-37-26/h6,8,14,17-18,20,23-25,35H,3-5,7,9-13,15-16,34H2,1-2H3,(H,39,42)(H,36,37,38)/t20-,23+,24-,25+/m1/s1. The van der Waals surface area contributed by atoms with Crippen LogP contribution in [0.25, 0.3) is 10.9 Å². The molecular formula is C30H42F3N7O2. The molecule has 0 unspecified atom stereocenters. The number of anilines is 1. The number of alkyl halides is 3. The first kappa shape index (κ1) is 30.5. The molecular weight excluding hydrogens is 547 g/mol. The van der Waals surface area contributed by atoms with Gasteiger partial charge in [-0.25, -0.2) is 9.97 Å². The van der Waals surface area contributed by atoms with Crippen LogP contribution in [-0.4, -0.2) is 69.5 Å². The molecule has 3 aliphatic rings. The van der Waals surface area contributed by atoms with E-state index >= 15 is 0 Å². The molecule has 0 radical (unpaired) electrons. The van der Waals surface area contributed by atoms with Crippen molar-refractivity contribution in [3.63, 3.8) is 0 Å². The number of halogens is 3. The number of hydrogen-bond acceptors (Lipinski definition) is 7. The number of aromatic nitrogens is 2. The molecule has 3 fully saturated rings. The van der Waals surface area contributed by atoms with Gasteiger partial charge in [-0.05, 0) is 69.2 Å². The minimum absolute atomic E-state index is 0.143. The molecule has 1 saturated heterocycles. The van der Waals surface area contributed by atoms with E-state index in [1.165, 1.54) is 12.4 Å². The highest BCUT2D eigenvalue weighted by Gasteiger charge is 2.44. The molecule has 2 aliphatic carbocycles. The van der Waals surface area contributed by atoms with Crippen LogP contribution < -0.4 is 21.7 Å². The van der Waals surface area contributed by atoms with Crippen LogP contribution in [0, 0.1) is 5.92 Å². The molecule has 9 nitrogen and oxygen atoms in total. The normalized spacial score (nSPS) is 26.5. The summed E-state index contributed by atoms with van der Waals surface area (Å²) in [7, 11) is 0. The van der Waals surface area contributed by atoms with Crippen molar-refractivity contribution in [2.45, 2.75) is 108 Å². The smallest absolute Gasteiger partial charge is 0.358 e. The van der Waals surface area contributed by atoms with Gasteiger partial charge in [-0.3, -0.25) is 9.59 Å². The summed E-state index contributed by atoms with van der Waals surface area (Å²) in [5.41, 5.74) is 5.24. The maximum Gasteiger partial charge on any atom is 0.416 e. The largest absolute Gasteiger partial charge is 0.416 e. The van der Waals surface area contributed by atoms with E-state index in [2.05, 4.69) is 39.8 Å². The molecule has 1 aromatic heterocycles. The first-order valence-corrected chi connectivity index (χ1v) is 15.2. The Bertz CT molecular complexity index is 1280. The molecule has 1 aliphatic heterocycles. The maximum absolute atomic E-state index is 13.8. The highest BCUT2D eigenvalue weighted by molar-refractivity contribution is 5.93. The van der Waals surface area contributed by atoms with Crippen LogP contribution in [0.1, 0.15) is 77.2 Å². The molecule has 12 heteroatoms. The number of nitrogens with one attached hydrogen (secondary N) is 3. The van der Waals surface area contributed by atoms with Gasteiger partial charge in [0.1, 0.15) is 18.2 Å². The number of fused-ring (bicyclic) bond motifs is 1. The van der Waals surface area contributed by atoms with Crippen LogP contribution in [0.15, 0.2) is 24.5 Å². The van der Waals surface area contributed by atoms with Gasteiger partial charge in [-0.2, -0.15) is 13.2 Å². The monoisotopic (exact) mass is 589 g/mol. The Morgan fingerprint density at radius 2 is 1.90 bits per heavy atom. The fourth-order valence-corrected chi connectivity index (χ4v) is 6.67. The molecule has 5 rings (SSSR count). The van der Waals surface area contributed by atoms with E-state index in [4.69, 9.17) is 5.73 Å². The van der Waals surface area contributed by atoms with E-state index in [1.807, 2.05) is 4.90 Å². The van der Waals surface area contributed by atoms with Crippen molar-refractivity contribution in [2.75, 3.05) is 18.4 Å². The Morgan fingerprint density at radius 3 is 2.62 bits per heavy atom. The molecule has 1 aromatic carbocycles. The van der Waals surface area contributed by atoms with Crippen LogP contribution in [0.2, 0.25) is 0 Å². The number of amides is 2. The van der Waals surface area contributed by atoms with Crippen molar-refractivity contribution in [1.29, 1.82) is 0 Å². The van der Waals surface area contributed by atoms with Crippen LogP contribution in [0.3, 0.4) is 0 Å². The van der Waals surface area contributed by atoms with Crippen molar-refractivity contribution in [3.05, 3.63) is 30.1 Å². The third-order valence-electron chi connectivity index (χ3n) is 9.06. The zero-order chi connectivity index (χ0) is 30.1. The zero-order valence-electron chi connectivity index (χ0n) is 24.3. The lowest BCUT2D eigenvalue weighted by atomic mass is 9.80. The van der Waals surface area contributed by atoms with Crippen molar-refractivity contribution in [1.82, 2.24) is 25.5 Å². The number of carbonyl (C=O) groups is 2. The summed E-state index contributed by atoms with van der Waals surface area (Å²) in [5.74, 6) is 0.394. The SMILES string of the molecule is CC(C)CN[C@@H]1CC[C@H](N2CC[C@H](Nc3ncnc4ccc(C(F)(F)F)cc34)C2=O)[C@H](NC(=O)C2(N)CCCCC2)C1. The summed E-state index contributed by atoms with van der Waals surface area (Å²) >= 11 is 0. The van der Waals surface area contributed by atoms with Crippen LogP contribution in [0.4, 0.5) is 19.0 Å². The molecule has 2 saturated carbocycles. The van der Waals surface area contributed by atoms with Gasteiger partial charge >= 0.3 is 6.18 Å². The lowest BCUT2D eigenvalue weighted by molar-refractivity contribution is -0.137. The maximum atomic E-state index is 13.8. The predicted molar refractivity (Wildman–Crippen MR) is 154 cm³/mol.